The van der Waals surface area contributed by atoms with Gasteiger partial charge in [-0.3, -0.25) is 19.7 Å². The number of non-ortho nitro benzene ring substituents is 1. The van der Waals surface area contributed by atoms with E-state index in [4.69, 9.17) is 9.84 Å². The Hall–Kier alpha value is -4.05. The van der Waals surface area contributed by atoms with Gasteiger partial charge in [0, 0.05) is 49.4 Å². The number of nitrogens with one attached hydrogen (secondary N) is 1. The first-order valence-corrected chi connectivity index (χ1v) is 12.0. The second kappa shape index (κ2) is 11.8. The Bertz CT molecular complexity index is 1240. The van der Waals surface area contributed by atoms with Crippen LogP contribution in [-0.4, -0.2) is 58.2 Å². The van der Waals surface area contributed by atoms with Crippen LogP contribution in [-0.2, 0) is 14.9 Å². The van der Waals surface area contributed by atoms with E-state index in [1.54, 1.807) is 11.8 Å². The maximum Gasteiger partial charge on any atom is 0.269 e. The van der Waals surface area contributed by atoms with Crippen molar-refractivity contribution in [2.75, 3.05) is 32.1 Å². The predicted molar refractivity (Wildman–Crippen MR) is 141 cm³/mol. The summed E-state index contributed by atoms with van der Waals surface area (Å²) in [4.78, 5) is 38.2. The van der Waals surface area contributed by atoms with E-state index in [2.05, 4.69) is 5.32 Å². The average Bonchev–Trinajstić information content (AvgIpc) is 3.28. The second-order valence-electron chi connectivity index (χ2n) is 9.84. The van der Waals surface area contributed by atoms with Gasteiger partial charge in [-0.2, -0.15) is 5.10 Å². The lowest BCUT2D eigenvalue weighted by atomic mass is 9.92. The molecular weight excluding hydrogens is 474 g/mol. The van der Waals surface area contributed by atoms with Gasteiger partial charge < -0.3 is 15.0 Å². The molecule has 0 saturated carbocycles. The molecule has 3 aromatic rings. The largest absolute Gasteiger partial charge is 0.385 e. The highest BCUT2D eigenvalue weighted by Gasteiger charge is 2.24. The van der Waals surface area contributed by atoms with E-state index in [1.165, 1.54) is 29.2 Å². The van der Waals surface area contributed by atoms with Crippen LogP contribution < -0.4 is 5.32 Å². The third-order valence-corrected chi connectivity index (χ3v) is 5.75. The molecule has 0 aliphatic rings. The molecule has 3 rings (SSSR count). The number of methoxy groups -OCH3 is 1. The third-order valence-electron chi connectivity index (χ3n) is 5.75. The molecule has 10 heteroatoms. The van der Waals surface area contributed by atoms with Gasteiger partial charge in [-0.05, 0) is 37.6 Å². The summed E-state index contributed by atoms with van der Waals surface area (Å²) in [7, 11) is 1.56. The van der Waals surface area contributed by atoms with E-state index < -0.39 is 10.8 Å². The maximum atomic E-state index is 13.2. The lowest BCUT2D eigenvalue weighted by Crippen LogP contribution is -2.39. The number of nitrogens with zero attached hydrogens (tertiary/aromatic N) is 4. The molecule has 196 valence electrons. The van der Waals surface area contributed by atoms with Gasteiger partial charge in [0.25, 0.3) is 11.6 Å². The van der Waals surface area contributed by atoms with Crippen LogP contribution in [0.15, 0.2) is 54.6 Å². The SMILES string of the molecule is COCCCN(CC(=O)Nc1cc(C(C)(C)C)nn1-c1ccc(C)cc1)C(=O)c1ccc([N+](=O)[O-])cc1. The van der Waals surface area contributed by atoms with Crippen LogP contribution in [0.5, 0.6) is 0 Å². The smallest absolute Gasteiger partial charge is 0.269 e. The fourth-order valence-corrected chi connectivity index (χ4v) is 3.64. The Labute approximate surface area is 216 Å². The first-order chi connectivity index (χ1) is 17.5. The molecule has 2 aromatic carbocycles. The van der Waals surface area contributed by atoms with E-state index in [1.807, 2.05) is 58.0 Å². The summed E-state index contributed by atoms with van der Waals surface area (Å²) in [6, 6.07) is 15.0. The molecule has 1 heterocycles. The van der Waals surface area contributed by atoms with Crippen LogP contribution in [0.3, 0.4) is 0 Å². The molecule has 0 aliphatic heterocycles. The van der Waals surface area contributed by atoms with E-state index in [9.17, 15) is 19.7 Å². The van der Waals surface area contributed by atoms with Crippen molar-refractivity contribution in [3.05, 3.63) is 81.5 Å². The number of nitro benzene ring substituents is 1. The van der Waals surface area contributed by atoms with Crippen LogP contribution in [0, 0.1) is 17.0 Å². The summed E-state index contributed by atoms with van der Waals surface area (Å²) in [5.41, 5.74) is 2.62. The molecule has 0 spiro atoms. The highest BCUT2D eigenvalue weighted by Crippen LogP contribution is 2.26. The molecular formula is C27H33N5O5. The number of aromatic nitrogens is 2. The standard InChI is InChI=1S/C27H33N5O5/c1-19-7-11-21(12-8-19)31-24(17-23(29-31)27(2,3)4)28-25(33)18-30(15-6-16-37-5)26(34)20-9-13-22(14-10-20)32(35)36/h7-14,17H,6,15-16,18H2,1-5H3,(H,28,33). The van der Waals surface area contributed by atoms with Gasteiger partial charge in [0.2, 0.25) is 5.91 Å². The first kappa shape index (κ1) is 27.5. The van der Waals surface area contributed by atoms with E-state index in [-0.39, 0.29) is 35.7 Å². The summed E-state index contributed by atoms with van der Waals surface area (Å²) in [6.07, 6.45) is 0.526. The second-order valence-corrected chi connectivity index (χ2v) is 9.84. The molecule has 0 bridgehead atoms. The van der Waals surface area contributed by atoms with Crippen molar-refractivity contribution in [2.24, 2.45) is 0 Å². The van der Waals surface area contributed by atoms with Crippen molar-refractivity contribution in [2.45, 2.75) is 39.5 Å². The third kappa shape index (κ3) is 7.23. The van der Waals surface area contributed by atoms with Crippen LogP contribution >= 0.6 is 0 Å². The minimum Gasteiger partial charge on any atom is -0.385 e. The Morgan fingerprint density at radius 3 is 2.32 bits per heavy atom. The van der Waals surface area contributed by atoms with Gasteiger partial charge in [0.1, 0.15) is 12.4 Å². The monoisotopic (exact) mass is 507 g/mol. The van der Waals surface area contributed by atoms with E-state index in [0.717, 1.165) is 16.9 Å². The molecule has 1 N–H and O–H groups in total. The molecule has 0 fully saturated rings. The quantitative estimate of drug-likeness (QED) is 0.245. The zero-order valence-electron chi connectivity index (χ0n) is 21.9. The topological polar surface area (TPSA) is 120 Å². The molecule has 37 heavy (non-hydrogen) atoms. The number of benzene rings is 2. The van der Waals surface area contributed by atoms with Crippen molar-refractivity contribution in [1.82, 2.24) is 14.7 Å². The number of hydrogen-bond acceptors (Lipinski definition) is 6. The zero-order chi connectivity index (χ0) is 27.2. The van der Waals surface area contributed by atoms with Crippen molar-refractivity contribution >= 4 is 23.3 Å². The molecule has 0 aliphatic carbocycles. The van der Waals surface area contributed by atoms with Gasteiger partial charge in [0.05, 0.1) is 16.3 Å². The number of aryl methyl sites for hydroxylation is 1. The molecule has 2 amide bonds. The highest BCUT2D eigenvalue weighted by molar-refractivity contribution is 5.99. The molecule has 0 atom stereocenters. The van der Waals surface area contributed by atoms with Crippen molar-refractivity contribution in [1.29, 1.82) is 0 Å². The van der Waals surface area contributed by atoms with Gasteiger partial charge >= 0.3 is 0 Å². The number of hydrogen-bond donors (Lipinski definition) is 1. The number of carbonyl (C=O) groups is 2. The molecule has 0 radical (unpaired) electrons. The minimum absolute atomic E-state index is 0.112. The Morgan fingerprint density at radius 1 is 1.11 bits per heavy atom. The van der Waals surface area contributed by atoms with Crippen LogP contribution in [0.4, 0.5) is 11.5 Å². The lowest BCUT2D eigenvalue weighted by molar-refractivity contribution is -0.384. The molecule has 10 nitrogen and oxygen atoms in total. The highest BCUT2D eigenvalue weighted by atomic mass is 16.6. The van der Waals surface area contributed by atoms with E-state index in [0.29, 0.717) is 18.8 Å². The number of carbonyl (C=O) groups excluding carboxylic acids is 2. The van der Waals surface area contributed by atoms with Gasteiger partial charge in [-0.15, -0.1) is 0 Å². The van der Waals surface area contributed by atoms with Crippen molar-refractivity contribution < 1.29 is 19.2 Å². The van der Waals surface area contributed by atoms with Crippen LogP contribution in [0.25, 0.3) is 5.69 Å². The van der Waals surface area contributed by atoms with Crippen LogP contribution in [0.2, 0.25) is 0 Å². The normalized spacial score (nSPS) is 11.3. The van der Waals surface area contributed by atoms with Crippen molar-refractivity contribution in [3.63, 3.8) is 0 Å². The Morgan fingerprint density at radius 2 is 1.76 bits per heavy atom. The van der Waals surface area contributed by atoms with Gasteiger partial charge in [0.15, 0.2) is 0 Å². The summed E-state index contributed by atoms with van der Waals surface area (Å²) < 4.78 is 6.79. The first-order valence-electron chi connectivity index (χ1n) is 12.0. The fourth-order valence-electron chi connectivity index (χ4n) is 3.64. The number of nitro groups is 1. The minimum atomic E-state index is -0.527. The summed E-state index contributed by atoms with van der Waals surface area (Å²) in [5.74, 6) is -0.289. The number of rotatable bonds is 10. The van der Waals surface area contributed by atoms with Gasteiger partial charge in [-0.1, -0.05) is 38.5 Å². The predicted octanol–water partition coefficient (Wildman–Crippen LogP) is 4.50. The summed E-state index contributed by atoms with van der Waals surface area (Å²) >= 11 is 0. The number of ether oxygens (including phenoxy) is 1. The average molecular weight is 508 g/mol. The Kier molecular flexibility index (Phi) is 8.77. The maximum absolute atomic E-state index is 13.2. The molecule has 1 aromatic heterocycles. The van der Waals surface area contributed by atoms with Crippen molar-refractivity contribution in [3.8, 4) is 5.69 Å². The molecule has 0 unspecified atom stereocenters. The Balaban J connectivity index is 1.84. The van der Waals surface area contributed by atoms with Crippen LogP contribution in [0.1, 0.15) is 48.8 Å². The zero-order valence-corrected chi connectivity index (χ0v) is 21.9. The van der Waals surface area contributed by atoms with E-state index >= 15 is 0 Å². The summed E-state index contributed by atoms with van der Waals surface area (Å²) in [5, 5.41) is 18.6. The lowest BCUT2D eigenvalue weighted by Gasteiger charge is -2.22. The number of anilines is 1. The fraction of sp³-hybridized carbons (Fsp3) is 0.370. The number of amides is 2. The molecule has 0 saturated heterocycles. The van der Waals surface area contributed by atoms with Gasteiger partial charge in [-0.25, -0.2) is 4.68 Å². The summed E-state index contributed by atoms with van der Waals surface area (Å²) in [6.45, 7) is 8.62.